The average Bonchev–Trinajstić information content (AvgIpc) is 2.28. The van der Waals surface area contributed by atoms with E-state index in [1.165, 1.54) is 22.8 Å². The quantitative estimate of drug-likeness (QED) is 0.847. The van der Waals surface area contributed by atoms with Gasteiger partial charge in [-0.1, -0.05) is 15.9 Å². The van der Waals surface area contributed by atoms with E-state index < -0.39 is 9.84 Å². The summed E-state index contributed by atoms with van der Waals surface area (Å²) in [5, 5.41) is 0. The SMILES string of the molecule is CS(=O)(=O)c1ccc(-n2ccc(Br)cc2=O)cc1. The third kappa shape index (κ3) is 2.70. The van der Waals surface area contributed by atoms with Crippen LogP contribution in [0.4, 0.5) is 0 Å². The summed E-state index contributed by atoms with van der Waals surface area (Å²) in [6, 6.07) is 9.37. The third-order valence-corrected chi connectivity index (χ3v) is 4.05. The maximum absolute atomic E-state index is 11.7. The van der Waals surface area contributed by atoms with Gasteiger partial charge in [0.1, 0.15) is 0 Å². The molecule has 0 spiro atoms. The first kappa shape index (κ1) is 13.0. The van der Waals surface area contributed by atoms with E-state index in [4.69, 9.17) is 0 Å². The lowest BCUT2D eigenvalue weighted by molar-refractivity contribution is 0.602. The Balaban J connectivity index is 2.50. The number of sulfone groups is 1. The van der Waals surface area contributed by atoms with Crippen molar-refractivity contribution in [2.45, 2.75) is 4.90 Å². The van der Waals surface area contributed by atoms with Gasteiger partial charge in [-0.15, -0.1) is 0 Å². The minimum atomic E-state index is -3.21. The molecule has 0 N–H and O–H groups in total. The topological polar surface area (TPSA) is 56.1 Å². The molecule has 0 bridgehead atoms. The molecule has 2 aromatic rings. The summed E-state index contributed by atoms with van der Waals surface area (Å²) >= 11 is 3.21. The molecule has 6 heteroatoms. The van der Waals surface area contributed by atoms with Crippen molar-refractivity contribution in [3.8, 4) is 5.69 Å². The van der Waals surface area contributed by atoms with Crippen LogP contribution in [0.15, 0.2) is 56.8 Å². The number of hydrogen-bond donors (Lipinski definition) is 0. The van der Waals surface area contributed by atoms with Crippen LogP contribution in [0.1, 0.15) is 0 Å². The molecular weight excluding hydrogens is 318 g/mol. The highest BCUT2D eigenvalue weighted by atomic mass is 79.9. The molecule has 0 unspecified atom stereocenters. The minimum Gasteiger partial charge on any atom is -0.284 e. The van der Waals surface area contributed by atoms with Crippen molar-refractivity contribution in [2.75, 3.05) is 6.26 Å². The normalized spacial score (nSPS) is 11.4. The Labute approximate surface area is 113 Å². The van der Waals surface area contributed by atoms with Crippen LogP contribution in [0, 0.1) is 0 Å². The van der Waals surface area contributed by atoms with Gasteiger partial charge in [-0.3, -0.25) is 9.36 Å². The lowest BCUT2D eigenvalue weighted by atomic mass is 10.3. The van der Waals surface area contributed by atoms with E-state index in [1.807, 2.05) is 0 Å². The summed E-state index contributed by atoms with van der Waals surface area (Å²) in [7, 11) is -3.21. The van der Waals surface area contributed by atoms with Crippen LogP contribution >= 0.6 is 15.9 Å². The van der Waals surface area contributed by atoms with Crippen molar-refractivity contribution in [1.82, 2.24) is 4.57 Å². The van der Waals surface area contributed by atoms with Gasteiger partial charge in [0.15, 0.2) is 9.84 Å². The predicted molar refractivity (Wildman–Crippen MR) is 72.8 cm³/mol. The van der Waals surface area contributed by atoms with Gasteiger partial charge < -0.3 is 0 Å². The Kier molecular flexibility index (Phi) is 3.41. The highest BCUT2D eigenvalue weighted by Gasteiger charge is 2.07. The van der Waals surface area contributed by atoms with Gasteiger partial charge in [-0.2, -0.15) is 0 Å². The second-order valence-electron chi connectivity index (χ2n) is 3.82. The van der Waals surface area contributed by atoms with Gasteiger partial charge >= 0.3 is 0 Å². The van der Waals surface area contributed by atoms with Crippen LogP contribution in [0.3, 0.4) is 0 Å². The molecule has 2 rings (SSSR count). The first-order valence-corrected chi connectivity index (χ1v) is 7.75. The first-order valence-electron chi connectivity index (χ1n) is 5.06. The van der Waals surface area contributed by atoms with Crippen molar-refractivity contribution in [1.29, 1.82) is 0 Å². The van der Waals surface area contributed by atoms with E-state index in [1.54, 1.807) is 24.4 Å². The fourth-order valence-corrected chi connectivity index (χ4v) is 2.47. The summed E-state index contributed by atoms with van der Waals surface area (Å²) in [6.07, 6.45) is 2.77. The molecule has 0 aliphatic rings. The van der Waals surface area contributed by atoms with Crippen LogP contribution in [-0.2, 0) is 9.84 Å². The number of halogens is 1. The molecule has 0 atom stereocenters. The second-order valence-corrected chi connectivity index (χ2v) is 6.75. The Morgan fingerprint density at radius 1 is 1.11 bits per heavy atom. The highest BCUT2D eigenvalue weighted by molar-refractivity contribution is 9.10. The summed E-state index contributed by atoms with van der Waals surface area (Å²) < 4.78 is 24.8. The highest BCUT2D eigenvalue weighted by Crippen LogP contribution is 2.13. The predicted octanol–water partition coefficient (Wildman–Crippen LogP) is 2.00. The molecule has 0 amide bonds. The van der Waals surface area contributed by atoms with Gasteiger partial charge in [0.2, 0.25) is 0 Å². The molecule has 0 saturated carbocycles. The van der Waals surface area contributed by atoms with Crippen molar-refractivity contribution in [2.24, 2.45) is 0 Å². The number of hydrogen-bond acceptors (Lipinski definition) is 3. The molecule has 94 valence electrons. The number of nitrogens with zero attached hydrogens (tertiary/aromatic N) is 1. The zero-order chi connectivity index (χ0) is 13.3. The van der Waals surface area contributed by atoms with Gasteiger partial charge in [0.25, 0.3) is 5.56 Å². The van der Waals surface area contributed by atoms with Crippen LogP contribution < -0.4 is 5.56 Å². The maximum atomic E-state index is 11.7. The standard InChI is InChI=1S/C12H10BrNO3S/c1-18(16,17)11-4-2-10(3-5-11)14-7-6-9(13)8-12(14)15/h2-8H,1H3. The monoisotopic (exact) mass is 327 g/mol. The third-order valence-electron chi connectivity index (χ3n) is 2.42. The van der Waals surface area contributed by atoms with Crippen LogP contribution in [-0.4, -0.2) is 19.2 Å². The minimum absolute atomic E-state index is 0.184. The molecule has 1 heterocycles. The zero-order valence-electron chi connectivity index (χ0n) is 9.50. The number of rotatable bonds is 2. The van der Waals surface area contributed by atoms with Crippen LogP contribution in [0.5, 0.6) is 0 Å². The Hall–Kier alpha value is -1.40. The van der Waals surface area contributed by atoms with Gasteiger partial charge in [-0.05, 0) is 30.3 Å². The van der Waals surface area contributed by atoms with Crippen molar-refractivity contribution >= 4 is 25.8 Å². The summed E-state index contributed by atoms with van der Waals surface area (Å²) in [5.41, 5.74) is 0.441. The first-order chi connectivity index (χ1) is 8.38. The van der Waals surface area contributed by atoms with Crippen molar-refractivity contribution < 1.29 is 8.42 Å². The molecule has 18 heavy (non-hydrogen) atoms. The van der Waals surface area contributed by atoms with E-state index in [0.717, 1.165) is 6.26 Å². The van der Waals surface area contributed by atoms with Crippen LogP contribution in [0.25, 0.3) is 5.69 Å². The molecule has 0 aliphatic heterocycles. The summed E-state index contributed by atoms with van der Waals surface area (Å²) in [5.74, 6) is 0. The molecule has 0 saturated heterocycles. The van der Waals surface area contributed by atoms with Gasteiger partial charge in [-0.25, -0.2) is 8.42 Å². The van der Waals surface area contributed by atoms with E-state index in [9.17, 15) is 13.2 Å². The molecule has 1 aromatic heterocycles. The van der Waals surface area contributed by atoms with E-state index in [-0.39, 0.29) is 10.5 Å². The fraction of sp³-hybridized carbons (Fsp3) is 0.0833. The zero-order valence-corrected chi connectivity index (χ0v) is 11.9. The lowest BCUT2D eigenvalue weighted by Crippen LogP contribution is -2.16. The summed E-state index contributed by atoms with van der Waals surface area (Å²) in [6.45, 7) is 0. The van der Waals surface area contributed by atoms with Crippen LogP contribution in [0.2, 0.25) is 0 Å². The smallest absolute Gasteiger partial charge is 0.256 e. The van der Waals surface area contributed by atoms with Gasteiger partial charge in [0.05, 0.1) is 4.90 Å². The second kappa shape index (κ2) is 4.70. The molecular formula is C12H10BrNO3S. The Morgan fingerprint density at radius 2 is 1.72 bits per heavy atom. The average molecular weight is 328 g/mol. The van der Waals surface area contributed by atoms with Crippen molar-refractivity contribution in [3.63, 3.8) is 0 Å². The van der Waals surface area contributed by atoms with E-state index in [2.05, 4.69) is 15.9 Å². The largest absolute Gasteiger partial charge is 0.284 e. The van der Waals surface area contributed by atoms with Gasteiger partial charge in [0, 0.05) is 28.7 Å². The number of aromatic nitrogens is 1. The molecule has 4 nitrogen and oxygen atoms in total. The molecule has 0 fully saturated rings. The summed E-state index contributed by atoms with van der Waals surface area (Å²) in [4.78, 5) is 12.0. The number of pyridine rings is 1. The van der Waals surface area contributed by atoms with E-state index >= 15 is 0 Å². The molecule has 0 aliphatic carbocycles. The molecule has 0 radical (unpaired) electrons. The Morgan fingerprint density at radius 3 is 2.22 bits per heavy atom. The number of benzene rings is 1. The Bertz CT molecular complexity index is 733. The fourth-order valence-electron chi connectivity index (χ4n) is 1.52. The molecule has 1 aromatic carbocycles. The van der Waals surface area contributed by atoms with Crippen molar-refractivity contribution in [3.05, 3.63) is 57.4 Å². The van der Waals surface area contributed by atoms with E-state index in [0.29, 0.717) is 10.2 Å². The maximum Gasteiger partial charge on any atom is 0.256 e. The lowest BCUT2D eigenvalue weighted by Gasteiger charge is -2.06.